The lowest BCUT2D eigenvalue weighted by Gasteiger charge is -2.34. The topological polar surface area (TPSA) is 69.1 Å². The fourth-order valence-electron chi connectivity index (χ4n) is 2.67. The van der Waals surface area contributed by atoms with E-state index in [1.54, 1.807) is 0 Å². The summed E-state index contributed by atoms with van der Waals surface area (Å²) in [5, 5.41) is 17.1. The molecule has 0 bridgehead atoms. The average Bonchev–Trinajstić information content (AvgIpc) is 2.59. The second kappa shape index (κ2) is 12.1. The van der Waals surface area contributed by atoms with Crippen molar-refractivity contribution < 1.29 is 9.84 Å². The summed E-state index contributed by atoms with van der Waals surface area (Å²) in [4.78, 5) is 6.83. The van der Waals surface area contributed by atoms with Gasteiger partial charge in [0.05, 0.1) is 25.4 Å². The molecule has 8 heteroatoms. The summed E-state index contributed by atoms with van der Waals surface area (Å²) in [7, 11) is 0. The van der Waals surface area contributed by atoms with Crippen molar-refractivity contribution >= 4 is 45.9 Å². The van der Waals surface area contributed by atoms with Gasteiger partial charge < -0.3 is 20.5 Å². The number of benzene rings is 1. The highest BCUT2D eigenvalue weighted by molar-refractivity contribution is 14.0. The second-order valence-corrected chi connectivity index (χ2v) is 7.48. The normalized spacial score (nSPS) is 17.9. The average molecular weight is 541 g/mol. The molecular weight excluding hydrogens is 511 g/mol. The lowest BCUT2D eigenvalue weighted by Crippen LogP contribution is -2.52. The van der Waals surface area contributed by atoms with Gasteiger partial charge in [0.1, 0.15) is 0 Å². The van der Waals surface area contributed by atoms with Gasteiger partial charge in [0.2, 0.25) is 0 Å². The molecule has 26 heavy (non-hydrogen) atoms. The number of hydrogen-bond acceptors (Lipinski definition) is 4. The van der Waals surface area contributed by atoms with Crippen molar-refractivity contribution in [3.05, 3.63) is 34.3 Å². The van der Waals surface area contributed by atoms with Crippen molar-refractivity contribution in [1.29, 1.82) is 0 Å². The first-order valence-corrected chi connectivity index (χ1v) is 9.57. The van der Waals surface area contributed by atoms with Crippen molar-refractivity contribution in [2.24, 2.45) is 4.99 Å². The van der Waals surface area contributed by atoms with Crippen molar-refractivity contribution in [2.75, 3.05) is 45.9 Å². The zero-order valence-corrected chi connectivity index (χ0v) is 19.4. The van der Waals surface area contributed by atoms with E-state index in [-0.39, 0.29) is 24.0 Å². The van der Waals surface area contributed by atoms with Crippen LogP contribution in [0.2, 0.25) is 0 Å². The predicted molar refractivity (Wildman–Crippen MR) is 120 cm³/mol. The molecule has 2 rings (SSSR count). The number of β-amino-alcohol motifs (C(OH)–C–C–N with tert-alkyl or cyclic N) is 1. The molecule has 1 aliphatic heterocycles. The molecule has 0 amide bonds. The van der Waals surface area contributed by atoms with Crippen molar-refractivity contribution in [1.82, 2.24) is 15.5 Å². The third-order valence-corrected chi connectivity index (χ3v) is 4.51. The first-order chi connectivity index (χ1) is 12.0. The Hall–Kier alpha value is -0.420. The minimum atomic E-state index is -0.828. The molecule has 6 nitrogen and oxygen atoms in total. The molecule has 1 aromatic carbocycles. The van der Waals surface area contributed by atoms with Gasteiger partial charge in [-0.05, 0) is 31.5 Å². The van der Waals surface area contributed by atoms with Gasteiger partial charge in [0, 0.05) is 37.2 Å². The Morgan fingerprint density at radius 2 is 1.92 bits per heavy atom. The molecule has 1 atom stereocenters. The van der Waals surface area contributed by atoms with Crippen LogP contribution in [-0.4, -0.2) is 67.5 Å². The Labute approximate surface area is 181 Å². The summed E-state index contributed by atoms with van der Waals surface area (Å²) < 4.78 is 6.41. The number of hydrogen-bond donors (Lipinski definition) is 3. The summed E-state index contributed by atoms with van der Waals surface area (Å²) in [6.07, 6.45) is 0. The lowest BCUT2D eigenvalue weighted by atomic mass is 10.1. The van der Waals surface area contributed by atoms with E-state index in [0.29, 0.717) is 25.6 Å². The van der Waals surface area contributed by atoms with Crippen LogP contribution in [0, 0.1) is 0 Å². The summed E-state index contributed by atoms with van der Waals surface area (Å²) in [5.74, 6) is 0.715. The SMILES string of the molecule is CCNC(=NCc1ccc(Br)cc1)NCC(C)(O)CN1CCOCC1.I. The summed E-state index contributed by atoms with van der Waals surface area (Å²) in [5.41, 5.74) is 0.311. The van der Waals surface area contributed by atoms with Crippen LogP contribution in [0.15, 0.2) is 33.7 Å². The fraction of sp³-hybridized carbons (Fsp3) is 0.611. The van der Waals surface area contributed by atoms with Crippen LogP contribution < -0.4 is 10.6 Å². The molecule has 0 radical (unpaired) electrons. The van der Waals surface area contributed by atoms with Gasteiger partial charge in [-0.3, -0.25) is 4.90 Å². The predicted octanol–water partition coefficient (Wildman–Crippen LogP) is 2.21. The molecule has 0 spiro atoms. The van der Waals surface area contributed by atoms with Gasteiger partial charge in [0.25, 0.3) is 0 Å². The van der Waals surface area contributed by atoms with E-state index in [1.807, 2.05) is 38.1 Å². The highest BCUT2D eigenvalue weighted by Gasteiger charge is 2.25. The van der Waals surface area contributed by atoms with Crippen molar-refractivity contribution in [3.63, 3.8) is 0 Å². The number of nitrogens with zero attached hydrogens (tertiary/aromatic N) is 2. The third-order valence-electron chi connectivity index (χ3n) is 3.98. The third kappa shape index (κ3) is 8.98. The molecule has 3 N–H and O–H groups in total. The van der Waals surface area contributed by atoms with Crippen LogP contribution in [0.4, 0.5) is 0 Å². The minimum absolute atomic E-state index is 0. The Morgan fingerprint density at radius 1 is 1.27 bits per heavy atom. The molecule has 148 valence electrons. The number of aliphatic hydroxyl groups is 1. The summed E-state index contributed by atoms with van der Waals surface area (Å²) >= 11 is 3.44. The van der Waals surface area contributed by atoms with E-state index >= 15 is 0 Å². The number of guanidine groups is 1. The maximum atomic E-state index is 10.7. The van der Waals surface area contributed by atoms with E-state index < -0.39 is 5.60 Å². The van der Waals surface area contributed by atoms with Gasteiger partial charge in [-0.2, -0.15) is 0 Å². The van der Waals surface area contributed by atoms with Crippen LogP contribution in [0.1, 0.15) is 19.4 Å². The zero-order chi connectivity index (χ0) is 18.1. The number of aliphatic imine (C=N–C) groups is 1. The molecular formula is C18H30BrIN4O2. The molecule has 1 saturated heterocycles. The summed E-state index contributed by atoms with van der Waals surface area (Å²) in [6, 6.07) is 8.12. The van der Waals surface area contributed by atoms with Gasteiger partial charge in [0.15, 0.2) is 5.96 Å². The number of morpholine rings is 1. The fourth-order valence-corrected chi connectivity index (χ4v) is 2.94. The number of nitrogens with one attached hydrogen (secondary N) is 2. The lowest BCUT2D eigenvalue weighted by molar-refractivity contribution is -0.0201. The Morgan fingerprint density at radius 3 is 2.54 bits per heavy atom. The standard InChI is InChI=1S/C18H29BrN4O2.HI/c1-3-20-17(21-12-15-4-6-16(19)7-5-15)22-13-18(2,24)14-23-8-10-25-11-9-23;/h4-7,24H,3,8-14H2,1-2H3,(H2,20,21,22);1H. The number of rotatable bonds is 7. The largest absolute Gasteiger partial charge is 0.387 e. The van der Waals surface area contributed by atoms with E-state index in [1.165, 1.54) is 0 Å². The van der Waals surface area contributed by atoms with E-state index in [4.69, 9.17) is 4.74 Å². The molecule has 0 aromatic heterocycles. The Balaban J connectivity index is 0.00000338. The molecule has 0 saturated carbocycles. The van der Waals surface area contributed by atoms with Gasteiger partial charge >= 0.3 is 0 Å². The van der Waals surface area contributed by atoms with Crippen LogP contribution >= 0.6 is 39.9 Å². The smallest absolute Gasteiger partial charge is 0.191 e. The quantitative estimate of drug-likeness (QED) is 0.281. The van der Waals surface area contributed by atoms with Gasteiger partial charge in [-0.1, -0.05) is 28.1 Å². The molecule has 1 fully saturated rings. The van der Waals surface area contributed by atoms with Crippen LogP contribution in [0.3, 0.4) is 0 Å². The highest BCUT2D eigenvalue weighted by Crippen LogP contribution is 2.11. The summed E-state index contributed by atoms with van der Waals surface area (Å²) in [6.45, 7) is 9.53. The van der Waals surface area contributed by atoms with Crippen molar-refractivity contribution in [3.8, 4) is 0 Å². The zero-order valence-electron chi connectivity index (χ0n) is 15.5. The van der Waals surface area contributed by atoms with Gasteiger partial charge in [-0.25, -0.2) is 4.99 Å². The number of ether oxygens (including phenoxy) is 1. The Bertz CT molecular complexity index is 549. The molecule has 1 unspecified atom stereocenters. The maximum absolute atomic E-state index is 10.7. The molecule has 1 aromatic rings. The second-order valence-electron chi connectivity index (χ2n) is 6.56. The van der Waals surface area contributed by atoms with Crippen molar-refractivity contribution in [2.45, 2.75) is 26.0 Å². The first kappa shape index (κ1) is 23.6. The van der Waals surface area contributed by atoms with Gasteiger partial charge in [-0.15, -0.1) is 24.0 Å². The number of halogens is 2. The highest BCUT2D eigenvalue weighted by atomic mass is 127. The molecule has 1 aliphatic rings. The van der Waals surface area contributed by atoms with E-state index in [2.05, 4.69) is 36.5 Å². The first-order valence-electron chi connectivity index (χ1n) is 8.77. The van der Waals surface area contributed by atoms with E-state index in [0.717, 1.165) is 42.9 Å². The van der Waals surface area contributed by atoms with Crippen LogP contribution in [0.5, 0.6) is 0 Å². The molecule has 0 aliphatic carbocycles. The minimum Gasteiger partial charge on any atom is -0.387 e. The maximum Gasteiger partial charge on any atom is 0.191 e. The van der Waals surface area contributed by atoms with Crippen LogP contribution in [-0.2, 0) is 11.3 Å². The Kier molecular flexibility index (Phi) is 11.0. The van der Waals surface area contributed by atoms with E-state index in [9.17, 15) is 5.11 Å². The monoisotopic (exact) mass is 540 g/mol. The molecule has 1 heterocycles. The van der Waals surface area contributed by atoms with Crippen LogP contribution in [0.25, 0.3) is 0 Å².